The molecule has 0 unspecified atom stereocenters. The van der Waals surface area contributed by atoms with E-state index in [4.69, 9.17) is 5.11 Å². The lowest BCUT2D eigenvalue weighted by Gasteiger charge is -2.14. The molecule has 0 aliphatic carbocycles. The Hall–Kier alpha value is -1.51. The van der Waals surface area contributed by atoms with Crippen LogP contribution in [0.5, 0.6) is 5.75 Å². The van der Waals surface area contributed by atoms with Gasteiger partial charge in [-0.25, -0.2) is 0 Å². The van der Waals surface area contributed by atoms with Crippen LogP contribution in [0.2, 0.25) is 0 Å². The summed E-state index contributed by atoms with van der Waals surface area (Å²) in [6, 6.07) is 4.38. The molecule has 0 heterocycles. The smallest absolute Gasteiger partial charge is 0.303 e. The highest BCUT2D eigenvalue weighted by atomic mass is 16.4. The summed E-state index contributed by atoms with van der Waals surface area (Å²) in [5, 5.41) is 19.5. The summed E-state index contributed by atoms with van der Waals surface area (Å²) >= 11 is 0. The average Bonchev–Trinajstić information content (AvgIpc) is 2.64. The molecule has 0 amide bonds. The van der Waals surface area contributed by atoms with E-state index < -0.39 is 5.97 Å². The van der Waals surface area contributed by atoms with Crippen LogP contribution in [-0.2, 0) is 24.1 Å². The van der Waals surface area contributed by atoms with E-state index in [0.29, 0.717) is 5.75 Å². The van der Waals surface area contributed by atoms with E-state index in [-0.39, 0.29) is 6.42 Å². The molecule has 0 bridgehead atoms. The molecule has 0 aromatic heterocycles. The van der Waals surface area contributed by atoms with Crippen LogP contribution < -0.4 is 0 Å². The first kappa shape index (κ1) is 23.5. The van der Waals surface area contributed by atoms with Crippen molar-refractivity contribution in [3.8, 4) is 5.75 Å². The SMILES string of the molecule is CCCCCCc1cc(CCCCCC(=O)O)cc(CCCCCC)c1O. The second-order valence-electron chi connectivity index (χ2n) is 7.84. The molecule has 1 aromatic carbocycles. The molecule has 0 radical (unpaired) electrons. The molecule has 1 aromatic rings. The summed E-state index contributed by atoms with van der Waals surface area (Å²) in [5.41, 5.74) is 3.53. The Morgan fingerprint density at radius 1 is 0.741 bits per heavy atom. The van der Waals surface area contributed by atoms with Gasteiger partial charge in [-0.3, -0.25) is 4.79 Å². The van der Waals surface area contributed by atoms with Crippen LogP contribution in [-0.4, -0.2) is 16.2 Å². The van der Waals surface area contributed by atoms with Gasteiger partial charge in [0.2, 0.25) is 0 Å². The molecule has 0 atom stereocenters. The molecule has 0 spiro atoms. The van der Waals surface area contributed by atoms with E-state index in [9.17, 15) is 9.90 Å². The van der Waals surface area contributed by atoms with Crippen LogP contribution in [0.3, 0.4) is 0 Å². The fourth-order valence-corrected chi connectivity index (χ4v) is 3.62. The predicted octanol–water partition coefficient (Wildman–Crippen LogP) is 6.83. The van der Waals surface area contributed by atoms with Crippen molar-refractivity contribution in [3.63, 3.8) is 0 Å². The number of rotatable bonds is 16. The molecular formula is C24H40O3. The zero-order valence-electron chi connectivity index (χ0n) is 17.6. The van der Waals surface area contributed by atoms with Gasteiger partial charge in [0.25, 0.3) is 0 Å². The van der Waals surface area contributed by atoms with E-state index in [1.54, 1.807) is 0 Å². The van der Waals surface area contributed by atoms with E-state index in [1.165, 1.54) is 44.1 Å². The predicted molar refractivity (Wildman–Crippen MR) is 114 cm³/mol. The molecule has 27 heavy (non-hydrogen) atoms. The van der Waals surface area contributed by atoms with Gasteiger partial charge in [0.05, 0.1) is 0 Å². The summed E-state index contributed by atoms with van der Waals surface area (Å²) in [4.78, 5) is 10.6. The second kappa shape index (κ2) is 14.5. The Bertz CT molecular complexity index is 503. The Kier molecular flexibility index (Phi) is 12.7. The molecule has 0 aliphatic heterocycles. The molecule has 154 valence electrons. The summed E-state index contributed by atoms with van der Waals surface area (Å²) in [6.07, 6.45) is 15.6. The van der Waals surface area contributed by atoms with Crippen molar-refractivity contribution >= 4 is 5.97 Å². The number of carbonyl (C=O) groups is 1. The number of aromatic hydroxyl groups is 1. The lowest BCUT2D eigenvalue weighted by molar-refractivity contribution is -0.137. The number of phenols is 1. The first-order valence-corrected chi connectivity index (χ1v) is 11.1. The topological polar surface area (TPSA) is 57.5 Å². The molecule has 3 nitrogen and oxygen atoms in total. The van der Waals surface area contributed by atoms with E-state index in [0.717, 1.165) is 62.5 Å². The molecule has 3 heteroatoms. The Morgan fingerprint density at radius 3 is 1.70 bits per heavy atom. The van der Waals surface area contributed by atoms with Gasteiger partial charge in [-0.2, -0.15) is 0 Å². The summed E-state index contributed by atoms with van der Waals surface area (Å²) in [6.45, 7) is 4.44. The molecule has 0 fully saturated rings. The Balaban J connectivity index is 2.69. The highest BCUT2D eigenvalue weighted by Gasteiger charge is 2.10. The highest BCUT2D eigenvalue weighted by Crippen LogP contribution is 2.29. The van der Waals surface area contributed by atoms with Gasteiger partial charge < -0.3 is 10.2 Å². The van der Waals surface area contributed by atoms with Crippen molar-refractivity contribution in [3.05, 3.63) is 28.8 Å². The zero-order chi connectivity index (χ0) is 19.9. The zero-order valence-corrected chi connectivity index (χ0v) is 17.6. The molecular weight excluding hydrogens is 336 g/mol. The minimum Gasteiger partial charge on any atom is -0.507 e. The van der Waals surface area contributed by atoms with Crippen molar-refractivity contribution in [2.45, 2.75) is 110 Å². The van der Waals surface area contributed by atoms with Crippen molar-refractivity contribution in [2.75, 3.05) is 0 Å². The minimum absolute atomic E-state index is 0.265. The Morgan fingerprint density at radius 2 is 1.22 bits per heavy atom. The van der Waals surface area contributed by atoms with Gasteiger partial charge in [-0.05, 0) is 61.6 Å². The standard InChI is InChI=1S/C24H40O3/c1-3-5-7-11-15-21-18-20(14-10-9-13-17-23(25)26)19-22(24(21)27)16-12-8-6-4-2/h18-19,27H,3-17H2,1-2H3,(H,25,26). The maximum atomic E-state index is 10.7. The summed E-state index contributed by atoms with van der Waals surface area (Å²) in [7, 11) is 0. The van der Waals surface area contributed by atoms with Gasteiger partial charge in [-0.1, -0.05) is 70.9 Å². The van der Waals surface area contributed by atoms with Crippen molar-refractivity contribution in [1.82, 2.24) is 0 Å². The highest BCUT2D eigenvalue weighted by molar-refractivity contribution is 5.66. The lowest BCUT2D eigenvalue weighted by Crippen LogP contribution is -1.98. The van der Waals surface area contributed by atoms with Crippen molar-refractivity contribution < 1.29 is 15.0 Å². The third kappa shape index (κ3) is 10.4. The van der Waals surface area contributed by atoms with Gasteiger partial charge >= 0.3 is 5.97 Å². The first-order chi connectivity index (χ1) is 13.1. The second-order valence-corrected chi connectivity index (χ2v) is 7.84. The molecule has 0 saturated carbocycles. The lowest BCUT2D eigenvalue weighted by atomic mass is 9.94. The maximum absolute atomic E-state index is 10.7. The minimum atomic E-state index is -0.705. The summed E-state index contributed by atoms with van der Waals surface area (Å²) < 4.78 is 0. The van der Waals surface area contributed by atoms with E-state index in [2.05, 4.69) is 26.0 Å². The van der Waals surface area contributed by atoms with Crippen LogP contribution in [0, 0.1) is 0 Å². The number of carboxylic acid groups (broad SMARTS) is 1. The number of carboxylic acids is 1. The first-order valence-electron chi connectivity index (χ1n) is 11.1. The van der Waals surface area contributed by atoms with Crippen molar-refractivity contribution in [1.29, 1.82) is 0 Å². The van der Waals surface area contributed by atoms with Crippen LogP contribution in [0.1, 0.15) is 108 Å². The number of hydrogen-bond donors (Lipinski definition) is 2. The van der Waals surface area contributed by atoms with Gasteiger partial charge in [0.1, 0.15) is 5.75 Å². The monoisotopic (exact) mass is 376 g/mol. The van der Waals surface area contributed by atoms with E-state index >= 15 is 0 Å². The Labute approximate surface area is 166 Å². The van der Waals surface area contributed by atoms with Gasteiger partial charge in [-0.15, -0.1) is 0 Å². The third-order valence-electron chi connectivity index (χ3n) is 5.28. The van der Waals surface area contributed by atoms with E-state index in [1.807, 2.05) is 0 Å². The largest absolute Gasteiger partial charge is 0.507 e. The van der Waals surface area contributed by atoms with Crippen LogP contribution in [0.4, 0.5) is 0 Å². The number of phenolic OH excluding ortho intramolecular Hbond substituents is 1. The van der Waals surface area contributed by atoms with Gasteiger partial charge in [0, 0.05) is 6.42 Å². The quantitative estimate of drug-likeness (QED) is 0.311. The van der Waals surface area contributed by atoms with Crippen LogP contribution in [0.15, 0.2) is 12.1 Å². The number of unbranched alkanes of at least 4 members (excludes halogenated alkanes) is 8. The third-order valence-corrected chi connectivity index (χ3v) is 5.28. The number of aryl methyl sites for hydroxylation is 3. The van der Waals surface area contributed by atoms with Crippen molar-refractivity contribution in [2.24, 2.45) is 0 Å². The van der Waals surface area contributed by atoms with Crippen LogP contribution >= 0.6 is 0 Å². The molecule has 1 rings (SSSR count). The summed E-state index contributed by atoms with van der Waals surface area (Å²) in [5.74, 6) is -0.180. The number of benzene rings is 1. The van der Waals surface area contributed by atoms with Gasteiger partial charge in [0.15, 0.2) is 0 Å². The fourth-order valence-electron chi connectivity index (χ4n) is 3.62. The molecule has 0 saturated heterocycles. The normalized spacial score (nSPS) is 11.0. The number of hydrogen-bond acceptors (Lipinski definition) is 2. The number of aliphatic carboxylic acids is 1. The molecule has 2 N–H and O–H groups in total. The molecule has 0 aliphatic rings. The fraction of sp³-hybridized carbons (Fsp3) is 0.708. The van der Waals surface area contributed by atoms with Crippen LogP contribution in [0.25, 0.3) is 0 Å². The maximum Gasteiger partial charge on any atom is 0.303 e. The average molecular weight is 377 g/mol.